The van der Waals surface area contributed by atoms with Crippen LogP contribution in [0.5, 0.6) is 0 Å². The Morgan fingerprint density at radius 2 is 1.83 bits per heavy atom. The topological polar surface area (TPSA) is 0 Å². The maximum Gasteiger partial charge on any atom is 0.162 e. The Morgan fingerprint density at radius 3 is 2.58 bits per heavy atom. The van der Waals surface area contributed by atoms with Crippen molar-refractivity contribution >= 4 is 0 Å². The van der Waals surface area contributed by atoms with E-state index in [0.29, 0.717) is 24.3 Å². The molecule has 1 atom stereocenters. The van der Waals surface area contributed by atoms with Crippen molar-refractivity contribution in [3.63, 3.8) is 0 Å². The molecule has 1 aliphatic carbocycles. The molecule has 24 heavy (non-hydrogen) atoms. The average Bonchev–Trinajstić information content (AvgIpc) is 2.58. The van der Waals surface area contributed by atoms with Crippen LogP contribution >= 0.6 is 0 Å². The highest BCUT2D eigenvalue weighted by Gasteiger charge is 2.23. The summed E-state index contributed by atoms with van der Waals surface area (Å²) in [6.07, 6.45) is 5.65. The fraction of sp³-hybridized carbons (Fsp3) is 0.429. The normalized spacial score (nSPS) is 16.9. The summed E-state index contributed by atoms with van der Waals surface area (Å²) in [6.45, 7) is 2.08. The lowest BCUT2D eigenvalue weighted by Crippen LogP contribution is -2.17. The third-order valence-corrected chi connectivity index (χ3v) is 5.08. The molecular weight excluding hydrogens is 309 g/mol. The minimum Gasteiger partial charge on any atom is -0.207 e. The molecule has 0 bridgehead atoms. The van der Waals surface area contributed by atoms with Crippen LogP contribution in [0.25, 0.3) is 0 Å². The van der Waals surface area contributed by atoms with Crippen LogP contribution in [0.4, 0.5) is 13.2 Å². The van der Waals surface area contributed by atoms with Gasteiger partial charge in [-0.05, 0) is 78.8 Å². The van der Waals surface area contributed by atoms with E-state index < -0.39 is 11.6 Å². The number of rotatable bonds is 5. The molecular formula is C21H23F3. The Bertz CT molecular complexity index is 721. The quantitative estimate of drug-likeness (QED) is 0.650. The van der Waals surface area contributed by atoms with Crippen LogP contribution in [0.2, 0.25) is 0 Å². The van der Waals surface area contributed by atoms with Crippen molar-refractivity contribution in [3.8, 4) is 0 Å². The number of aryl methyl sites for hydroxylation is 2. The van der Waals surface area contributed by atoms with Gasteiger partial charge in [-0.1, -0.05) is 31.5 Å². The molecule has 2 aromatic carbocycles. The Labute approximate surface area is 141 Å². The van der Waals surface area contributed by atoms with E-state index in [1.165, 1.54) is 6.07 Å². The summed E-state index contributed by atoms with van der Waals surface area (Å²) in [5.41, 5.74) is 3.24. The molecule has 1 aliphatic rings. The van der Waals surface area contributed by atoms with Crippen molar-refractivity contribution in [2.24, 2.45) is 5.92 Å². The summed E-state index contributed by atoms with van der Waals surface area (Å²) in [5, 5.41) is 0. The molecule has 0 amide bonds. The van der Waals surface area contributed by atoms with Gasteiger partial charge in [0.15, 0.2) is 11.6 Å². The first kappa shape index (κ1) is 17.1. The minimum absolute atomic E-state index is 0.120. The zero-order valence-electron chi connectivity index (χ0n) is 14.0. The largest absolute Gasteiger partial charge is 0.207 e. The zero-order valence-corrected chi connectivity index (χ0v) is 14.0. The summed E-state index contributed by atoms with van der Waals surface area (Å²) < 4.78 is 41.3. The number of hydrogen-bond acceptors (Lipinski definition) is 0. The van der Waals surface area contributed by atoms with Gasteiger partial charge in [0, 0.05) is 0 Å². The maximum atomic E-state index is 14.2. The first-order chi connectivity index (χ1) is 11.6. The zero-order chi connectivity index (χ0) is 17.1. The van der Waals surface area contributed by atoms with Crippen LogP contribution in [0.15, 0.2) is 30.3 Å². The second kappa shape index (κ2) is 7.42. The van der Waals surface area contributed by atoms with E-state index in [0.717, 1.165) is 48.8 Å². The van der Waals surface area contributed by atoms with Gasteiger partial charge in [-0.15, -0.1) is 0 Å². The summed E-state index contributed by atoms with van der Waals surface area (Å²) in [5.74, 6) is -1.17. The fourth-order valence-electron chi connectivity index (χ4n) is 3.70. The highest BCUT2D eigenvalue weighted by atomic mass is 19.2. The predicted molar refractivity (Wildman–Crippen MR) is 90.6 cm³/mol. The van der Waals surface area contributed by atoms with Crippen LogP contribution in [0.1, 0.15) is 48.4 Å². The Balaban J connectivity index is 1.63. The van der Waals surface area contributed by atoms with Crippen LogP contribution in [0, 0.1) is 23.4 Å². The maximum absolute atomic E-state index is 14.2. The monoisotopic (exact) mass is 332 g/mol. The van der Waals surface area contributed by atoms with Gasteiger partial charge >= 0.3 is 0 Å². The van der Waals surface area contributed by atoms with Gasteiger partial charge in [0.2, 0.25) is 0 Å². The first-order valence-corrected chi connectivity index (χ1v) is 8.81. The molecule has 0 heterocycles. The molecule has 128 valence electrons. The molecule has 0 aromatic heterocycles. The smallest absolute Gasteiger partial charge is 0.162 e. The number of hydrogen-bond donors (Lipinski definition) is 0. The number of halogens is 3. The van der Waals surface area contributed by atoms with E-state index in [1.54, 1.807) is 12.1 Å². The van der Waals surface area contributed by atoms with Gasteiger partial charge in [-0.2, -0.15) is 0 Å². The molecule has 0 radical (unpaired) electrons. The third kappa shape index (κ3) is 3.66. The second-order valence-corrected chi connectivity index (χ2v) is 6.82. The third-order valence-electron chi connectivity index (χ3n) is 5.08. The molecule has 0 fully saturated rings. The SMILES string of the molecule is CCCc1ccc(CCC2CCc3c(ccc(F)c3F)C2)c(F)c1. The van der Waals surface area contributed by atoms with Crippen molar-refractivity contribution in [1.29, 1.82) is 0 Å². The van der Waals surface area contributed by atoms with Gasteiger partial charge in [-0.3, -0.25) is 0 Å². The molecule has 1 unspecified atom stereocenters. The lowest BCUT2D eigenvalue weighted by atomic mass is 9.81. The molecule has 0 aliphatic heterocycles. The molecule has 3 rings (SSSR count). The van der Waals surface area contributed by atoms with Gasteiger partial charge in [-0.25, -0.2) is 13.2 Å². The van der Waals surface area contributed by atoms with Crippen LogP contribution in [-0.2, 0) is 25.7 Å². The van der Waals surface area contributed by atoms with Gasteiger partial charge in [0.25, 0.3) is 0 Å². The fourth-order valence-corrected chi connectivity index (χ4v) is 3.70. The molecule has 3 heteroatoms. The summed E-state index contributed by atoms with van der Waals surface area (Å²) in [6, 6.07) is 8.46. The van der Waals surface area contributed by atoms with E-state index in [4.69, 9.17) is 0 Å². The second-order valence-electron chi connectivity index (χ2n) is 6.82. The predicted octanol–water partition coefficient (Wildman–Crippen LogP) is 5.79. The van der Waals surface area contributed by atoms with Crippen molar-refractivity contribution in [2.75, 3.05) is 0 Å². The highest BCUT2D eigenvalue weighted by Crippen LogP contribution is 2.31. The lowest BCUT2D eigenvalue weighted by Gasteiger charge is -2.25. The minimum atomic E-state index is -0.763. The summed E-state index contributed by atoms with van der Waals surface area (Å²) in [7, 11) is 0. The van der Waals surface area contributed by atoms with Crippen molar-refractivity contribution in [2.45, 2.75) is 51.9 Å². The van der Waals surface area contributed by atoms with Crippen molar-refractivity contribution < 1.29 is 13.2 Å². The highest BCUT2D eigenvalue weighted by molar-refractivity contribution is 5.32. The molecule has 0 spiro atoms. The van der Waals surface area contributed by atoms with Crippen LogP contribution in [0.3, 0.4) is 0 Å². The van der Waals surface area contributed by atoms with Crippen molar-refractivity contribution in [1.82, 2.24) is 0 Å². The molecule has 0 N–H and O–H groups in total. The van der Waals surface area contributed by atoms with Gasteiger partial charge in [0.05, 0.1) is 0 Å². The molecule has 0 saturated carbocycles. The Morgan fingerprint density at radius 1 is 1.00 bits per heavy atom. The first-order valence-electron chi connectivity index (χ1n) is 8.81. The summed E-state index contributed by atoms with van der Waals surface area (Å²) >= 11 is 0. The number of fused-ring (bicyclic) bond motifs is 1. The Kier molecular flexibility index (Phi) is 5.27. The molecule has 0 nitrogen and oxygen atoms in total. The van der Waals surface area contributed by atoms with Gasteiger partial charge < -0.3 is 0 Å². The number of benzene rings is 2. The van der Waals surface area contributed by atoms with Crippen molar-refractivity contribution in [3.05, 3.63) is 70.0 Å². The van der Waals surface area contributed by atoms with Gasteiger partial charge in [0.1, 0.15) is 5.82 Å². The summed E-state index contributed by atoms with van der Waals surface area (Å²) in [4.78, 5) is 0. The van der Waals surface area contributed by atoms with E-state index in [2.05, 4.69) is 6.92 Å². The van der Waals surface area contributed by atoms with E-state index in [9.17, 15) is 13.2 Å². The molecule has 0 saturated heterocycles. The lowest BCUT2D eigenvalue weighted by molar-refractivity contribution is 0.407. The standard InChI is InChI=1S/C21H23F3/c1-2-3-14-4-7-16(20(23)13-14)8-5-15-6-10-18-17(12-15)9-11-19(22)21(18)24/h4,7,9,11,13,15H,2-3,5-6,8,10,12H2,1H3. The molecule has 2 aromatic rings. The Hall–Kier alpha value is -1.77. The average molecular weight is 332 g/mol. The van der Waals surface area contributed by atoms with Crippen LogP contribution in [-0.4, -0.2) is 0 Å². The van der Waals surface area contributed by atoms with E-state index >= 15 is 0 Å². The van der Waals surface area contributed by atoms with E-state index in [1.807, 2.05) is 12.1 Å². The van der Waals surface area contributed by atoms with Crippen LogP contribution < -0.4 is 0 Å². The van der Waals surface area contributed by atoms with E-state index in [-0.39, 0.29) is 5.82 Å².